The minimum atomic E-state index is -0.466. The van der Waals surface area contributed by atoms with Gasteiger partial charge in [-0.15, -0.1) is 0 Å². The molecule has 1 nitrogen and oxygen atoms in total. The SMILES string of the molecule is C/C=C/[C@H]1CC[C@H]([C@H]2CC[C@H](c3cc(F)c(COC)c(F)c3)CC2)CC1. The summed E-state index contributed by atoms with van der Waals surface area (Å²) < 4.78 is 33.3. The van der Waals surface area contributed by atoms with E-state index in [9.17, 15) is 8.78 Å². The molecule has 1 aromatic rings. The topological polar surface area (TPSA) is 9.23 Å². The van der Waals surface area contributed by atoms with E-state index in [-0.39, 0.29) is 12.2 Å². The standard InChI is InChI=1S/C23H32F2O/c1-3-4-16-5-7-17(8-6-16)18-9-11-19(12-10-18)20-13-22(24)21(15-26-2)23(25)14-20/h3-4,13-14,16-19H,5-12,15H2,1-2H3/b4-3+/t16-,17-,18-,19-. The minimum absolute atomic E-state index is 0.0133. The minimum Gasteiger partial charge on any atom is -0.380 e. The van der Waals surface area contributed by atoms with Crippen LogP contribution in [0.4, 0.5) is 8.78 Å². The number of halogens is 2. The van der Waals surface area contributed by atoms with Gasteiger partial charge in [0.05, 0.1) is 6.61 Å². The van der Waals surface area contributed by atoms with Gasteiger partial charge in [0.25, 0.3) is 0 Å². The molecule has 3 rings (SSSR count). The highest BCUT2D eigenvalue weighted by Crippen LogP contribution is 2.44. The number of hydrogen-bond acceptors (Lipinski definition) is 1. The van der Waals surface area contributed by atoms with Crippen LogP contribution in [-0.2, 0) is 11.3 Å². The van der Waals surface area contributed by atoms with Crippen LogP contribution in [0.25, 0.3) is 0 Å². The van der Waals surface area contributed by atoms with Gasteiger partial charge in [0.1, 0.15) is 11.6 Å². The van der Waals surface area contributed by atoms with Gasteiger partial charge in [-0.2, -0.15) is 0 Å². The Morgan fingerprint density at radius 2 is 1.46 bits per heavy atom. The van der Waals surface area contributed by atoms with Crippen molar-refractivity contribution in [2.75, 3.05) is 7.11 Å². The number of ether oxygens (including phenoxy) is 1. The average molecular weight is 363 g/mol. The Balaban J connectivity index is 1.56. The molecule has 2 aliphatic rings. The molecule has 2 aliphatic carbocycles. The van der Waals surface area contributed by atoms with Crippen LogP contribution in [0.1, 0.15) is 75.3 Å². The molecular weight excluding hydrogens is 330 g/mol. The van der Waals surface area contributed by atoms with Gasteiger partial charge in [-0.25, -0.2) is 8.78 Å². The second-order valence-corrected chi connectivity index (χ2v) is 8.21. The zero-order valence-electron chi connectivity index (χ0n) is 16.1. The van der Waals surface area contributed by atoms with Crippen molar-refractivity contribution < 1.29 is 13.5 Å². The molecule has 144 valence electrons. The smallest absolute Gasteiger partial charge is 0.131 e. The van der Waals surface area contributed by atoms with Gasteiger partial charge in [0.2, 0.25) is 0 Å². The first-order valence-electron chi connectivity index (χ1n) is 10.2. The van der Waals surface area contributed by atoms with Crippen LogP contribution in [0.2, 0.25) is 0 Å². The predicted octanol–water partition coefficient (Wildman–Crippen LogP) is 6.77. The summed E-state index contributed by atoms with van der Waals surface area (Å²) in [5.74, 6) is 1.81. The molecule has 0 amide bonds. The lowest BCUT2D eigenvalue weighted by molar-refractivity contribution is 0.171. The van der Waals surface area contributed by atoms with Crippen LogP contribution in [0.5, 0.6) is 0 Å². The van der Waals surface area contributed by atoms with E-state index in [4.69, 9.17) is 4.74 Å². The predicted molar refractivity (Wildman–Crippen MR) is 102 cm³/mol. The molecule has 0 saturated heterocycles. The second-order valence-electron chi connectivity index (χ2n) is 8.21. The number of rotatable bonds is 5. The number of hydrogen-bond donors (Lipinski definition) is 0. The van der Waals surface area contributed by atoms with Crippen molar-refractivity contribution in [2.24, 2.45) is 17.8 Å². The van der Waals surface area contributed by atoms with Gasteiger partial charge < -0.3 is 4.74 Å². The molecule has 0 radical (unpaired) electrons. The van der Waals surface area contributed by atoms with Crippen molar-refractivity contribution in [3.05, 3.63) is 47.0 Å². The molecule has 0 unspecified atom stereocenters. The first kappa shape index (κ1) is 19.5. The van der Waals surface area contributed by atoms with E-state index in [0.29, 0.717) is 5.92 Å². The van der Waals surface area contributed by atoms with Gasteiger partial charge >= 0.3 is 0 Å². The molecule has 0 bridgehead atoms. The summed E-state index contributed by atoms with van der Waals surface area (Å²) in [7, 11) is 1.46. The van der Waals surface area contributed by atoms with Crippen LogP contribution in [0.3, 0.4) is 0 Å². The monoisotopic (exact) mass is 362 g/mol. The third kappa shape index (κ3) is 4.54. The first-order valence-corrected chi connectivity index (χ1v) is 10.2. The maximum absolute atomic E-state index is 14.2. The number of methoxy groups -OCH3 is 1. The molecule has 1 aromatic carbocycles. The van der Waals surface area contributed by atoms with E-state index in [1.807, 2.05) is 0 Å². The van der Waals surface area contributed by atoms with Crippen LogP contribution < -0.4 is 0 Å². The highest BCUT2D eigenvalue weighted by molar-refractivity contribution is 5.28. The quantitative estimate of drug-likeness (QED) is 0.525. The van der Waals surface area contributed by atoms with Gasteiger partial charge in [-0.1, -0.05) is 12.2 Å². The maximum Gasteiger partial charge on any atom is 0.131 e. The van der Waals surface area contributed by atoms with Crippen LogP contribution in [0, 0.1) is 29.4 Å². The van der Waals surface area contributed by atoms with E-state index >= 15 is 0 Å². The van der Waals surface area contributed by atoms with Crippen molar-refractivity contribution in [3.63, 3.8) is 0 Å². The summed E-state index contributed by atoms with van der Waals surface area (Å²) in [6.07, 6.45) is 14.4. The zero-order valence-corrected chi connectivity index (χ0v) is 16.1. The van der Waals surface area contributed by atoms with Gasteiger partial charge in [0.15, 0.2) is 0 Å². The van der Waals surface area contributed by atoms with Gasteiger partial charge in [-0.3, -0.25) is 0 Å². The van der Waals surface area contributed by atoms with E-state index in [2.05, 4.69) is 19.1 Å². The fraction of sp³-hybridized carbons (Fsp3) is 0.652. The van der Waals surface area contributed by atoms with Crippen molar-refractivity contribution in [3.8, 4) is 0 Å². The molecule has 2 fully saturated rings. The first-order chi connectivity index (χ1) is 12.6. The Labute approximate surface area is 156 Å². The Morgan fingerprint density at radius 1 is 0.923 bits per heavy atom. The Morgan fingerprint density at radius 3 is 1.96 bits per heavy atom. The fourth-order valence-corrected chi connectivity index (χ4v) is 5.15. The normalized spacial score (nSPS) is 30.0. The van der Waals surface area contributed by atoms with E-state index in [1.165, 1.54) is 57.8 Å². The van der Waals surface area contributed by atoms with E-state index < -0.39 is 11.6 Å². The van der Waals surface area contributed by atoms with Crippen molar-refractivity contribution in [2.45, 2.75) is 70.8 Å². The van der Waals surface area contributed by atoms with Crippen LogP contribution in [0.15, 0.2) is 24.3 Å². The fourth-order valence-electron chi connectivity index (χ4n) is 5.15. The molecule has 0 aliphatic heterocycles. The maximum atomic E-state index is 14.2. The molecule has 0 spiro atoms. The lowest BCUT2D eigenvalue weighted by Crippen LogP contribution is -2.25. The molecule has 2 saturated carbocycles. The van der Waals surface area contributed by atoms with Crippen LogP contribution >= 0.6 is 0 Å². The molecule has 0 heterocycles. The largest absolute Gasteiger partial charge is 0.380 e. The van der Waals surface area contributed by atoms with E-state index in [0.717, 1.165) is 36.2 Å². The summed E-state index contributed by atoms with van der Waals surface area (Å²) in [5.41, 5.74) is 0.873. The Kier molecular flexibility index (Phi) is 6.86. The molecular formula is C23H32F2O. The van der Waals surface area contributed by atoms with Crippen molar-refractivity contribution in [1.82, 2.24) is 0 Å². The number of allylic oxidation sites excluding steroid dienone is 2. The van der Waals surface area contributed by atoms with Crippen LogP contribution in [-0.4, -0.2) is 7.11 Å². The van der Waals surface area contributed by atoms with Gasteiger partial charge in [0, 0.05) is 12.7 Å². The Hall–Kier alpha value is -1.22. The summed E-state index contributed by atoms with van der Waals surface area (Å²) in [6.45, 7) is 2.10. The summed E-state index contributed by atoms with van der Waals surface area (Å²) in [5, 5.41) is 0. The summed E-state index contributed by atoms with van der Waals surface area (Å²) >= 11 is 0. The molecule has 0 atom stereocenters. The number of benzene rings is 1. The highest BCUT2D eigenvalue weighted by atomic mass is 19.1. The average Bonchev–Trinajstić information content (AvgIpc) is 2.66. The lowest BCUT2D eigenvalue weighted by Gasteiger charge is -2.37. The summed E-state index contributed by atoms with van der Waals surface area (Å²) in [6, 6.07) is 3.06. The third-order valence-electron chi connectivity index (χ3n) is 6.64. The molecule has 0 N–H and O–H groups in total. The van der Waals surface area contributed by atoms with E-state index in [1.54, 1.807) is 0 Å². The summed E-state index contributed by atoms with van der Waals surface area (Å²) in [4.78, 5) is 0. The van der Waals surface area contributed by atoms with Crippen molar-refractivity contribution >= 4 is 0 Å². The molecule has 0 aromatic heterocycles. The van der Waals surface area contributed by atoms with Gasteiger partial charge in [-0.05, 0) is 99.7 Å². The molecule has 26 heavy (non-hydrogen) atoms. The molecule has 3 heteroatoms. The zero-order chi connectivity index (χ0) is 18.5. The second kappa shape index (κ2) is 9.12. The van der Waals surface area contributed by atoms with Crippen molar-refractivity contribution in [1.29, 1.82) is 0 Å². The Bertz CT molecular complexity index is 586. The third-order valence-corrected chi connectivity index (χ3v) is 6.64. The lowest BCUT2D eigenvalue weighted by atomic mass is 9.68. The highest BCUT2D eigenvalue weighted by Gasteiger charge is 2.31.